The van der Waals surface area contributed by atoms with Crippen LogP contribution in [0.1, 0.15) is 5.56 Å². The Morgan fingerprint density at radius 3 is 2.78 bits per heavy atom. The molecule has 1 aliphatic heterocycles. The van der Waals surface area contributed by atoms with Gasteiger partial charge in [-0.1, -0.05) is 24.0 Å². The number of nitrogens with zero attached hydrogens (tertiary/aromatic N) is 1. The molecule has 0 saturated carbocycles. The van der Waals surface area contributed by atoms with Crippen LogP contribution in [-0.4, -0.2) is 27.1 Å². The zero-order valence-electron chi connectivity index (χ0n) is 9.34. The molecule has 18 heavy (non-hydrogen) atoms. The van der Waals surface area contributed by atoms with E-state index in [2.05, 4.69) is 5.32 Å². The molecule has 92 valence electrons. The van der Waals surface area contributed by atoms with Gasteiger partial charge in [0.25, 0.3) is 11.6 Å². The van der Waals surface area contributed by atoms with Gasteiger partial charge in [-0.05, 0) is 12.1 Å². The Hall–Kier alpha value is -1.73. The normalized spacial score (nSPS) is 17.1. The predicted molar refractivity (Wildman–Crippen MR) is 73.6 cm³/mol. The van der Waals surface area contributed by atoms with Crippen LogP contribution in [0.5, 0.6) is 5.75 Å². The van der Waals surface area contributed by atoms with Crippen LogP contribution in [0, 0.1) is 4.91 Å². The summed E-state index contributed by atoms with van der Waals surface area (Å²) in [4.78, 5) is 23.0. The summed E-state index contributed by atoms with van der Waals surface area (Å²) in [5.41, 5.74) is 0.795. The third kappa shape index (κ3) is 2.57. The van der Waals surface area contributed by atoms with Crippen LogP contribution in [0.15, 0.2) is 23.1 Å². The second-order valence-electron chi connectivity index (χ2n) is 3.59. The minimum Gasteiger partial charge on any atom is -0.507 e. The Kier molecular flexibility index (Phi) is 3.44. The van der Waals surface area contributed by atoms with Gasteiger partial charge in [0.15, 0.2) is 7.05 Å². The van der Waals surface area contributed by atoms with E-state index in [0.717, 1.165) is 11.8 Å². The van der Waals surface area contributed by atoms with Crippen LogP contribution >= 0.6 is 24.0 Å². The van der Waals surface area contributed by atoms with Crippen molar-refractivity contribution in [1.82, 2.24) is 5.32 Å². The van der Waals surface area contributed by atoms with Crippen LogP contribution in [-0.2, 0) is 4.79 Å². The molecule has 7 heteroatoms. The van der Waals surface area contributed by atoms with Crippen molar-refractivity contribution < 1.29 is 14.7 Å². The Morgan fingerprint density at radius 1 is 1.50 bits per heavy atom. The summed E-state index contributed by atoms with van der Waals surface area (Å²) in [6.45, 7) is 0. The van der Waals surface area contributed by atoms with Crippen molar-refractivity contribution >= 4 is 46.0 Å². The number of amides is 1. The van der Waals surface area contributed by atoms with Gasteiger partial charge in [-0.25, -0.2) is 0 Å². The van der Waals surface area contributed by atoms with Crippen LogP contribution in [0.25, 0.3) is 6.08 Å². The first kappa shape index (κ1) is 12.7. The third-order valence-corrected chi connectivity index (χ3v) is 3.47. The maximum atomic E-state index is 11.5. The molecule has 1 heterocycles. The average Bonchev–Trinajstić information content (AvgIpc) is 2.60. The van der Waals surface area contributed by atoms with Crippen LogP contribution in [0.3, 0.4) is 0 Å². The smallest absolute Gasteiger partial charge is 0.263 e. The number of phenols is 1. The molecule has 0 radical (unpaired) electrons. The van der Waals surface area contributed by atoms with Gasteiger partial charge in [-0.3, -0.25) is 4.79 Å². The summed E-state index contributed by atoms with van der Waals surface area (Å²) < 4.78 is 1.05. The first-order chi connectivity index (χ1) is 8.47. The molecule has 1 aromatic carbocycles. The molecule has 5 nitrogen and oxygen atoms in total. The summed E-state index contributed by atoms with van der Waals surface area (Å²) in [7, 11) is 1.36. The van der Waals surface area contributed by atoms with E-state index in [1.54, 1.807) is 0 Å². The first-order valence-corrected chi connectivity index (χ1v) is 6.18. The van der Waals surface area contributed by atoms with E-state index in [4.69, 9.17) is 12.2 Å². The van der Waals surface area contributed by atoms with Crippen LogP contribution in [0.4, 0.5) is 5.69 Å². The Bertz CT molecular complexity index is 596. The average molecular weight is 281 g/mol. The fourth-order valence-corrected chi connectivity index (χ4v) is 2.45. The number of benzene rings is 1. The van der Waals surface area contributed by atoms with E-state index in [1.807, 2.05) is 0 Å². The number of carbonyl (C=O) groups excluding carboxylic acids is 1. The largest absolute Gasteiger partial charge is 0.507 e. The van der Waals surface area contributed by atoms with E-state index in [9.17, 15) is 14.8 Å². The van der Waals surface area contributed by atoms with Gasteiger partial charge in [-0.2, -0.15) is 0 Å². The second-order valence-corrected chi connectivity index (χ2v) is 5.31. The second kappa shape index (κ2) is 4.87. The lowest BCUT2D eigenvalue weighted by Gasteiger charge is -1.99. The van der Waals surface area contributed by atoms with Crippen LogP contribution < -0.4 is 5.32 Å². The molecule has 0 aliphatic carbocycles. The first-order valence-electron chi connectivity index (χ1n) is 4.96. The molecule has 1 fully saturated rings. The standard InChI is InChI=1S/C11H8N2O3S2/c1-13(16)7-2-3-8(14)6(4-7)5-9-10(15)12-11(17)18-9/h2-5H,1H3,(H-,12,14,15,16,17)/p+1. The minimum absolute atomic E-state index is 0.000631. The topological polar surface area (TPSA) is 69.4 Å². The number of thiocarbonyl (C=S) groups is 1. The molecule has 1 saturated heterocycles. The molecular formula is C11H9N2O3S2+. The monoisotopic (exact) mass is 281 g/mol. The van der Waals surface area contributed by atoms with Crippen molar-refractivity contribution in [2.75, 3.05) is 7.05 Å². The maximum absolute atomic E-state index is 11.5. The van der Waals surface area contributed by atoms with Crippen molar-refractivity contribution in [3.63, 3.8) is 0 Å². The SMILES string of the molecule is C[N+](=O)c1ccc(O)c(/C=C2\SC(=S)NC2=O)c1. The highest BCUT2D eigenvalue weighted by atomic mass is 32.2. The van der Waals surface area contributed by atoms with Gasteiger partial charge in [-0.15, -0.1) is 0 Å². The molecule has 0 aromatic heterocycles. The fourth-order valence-electron chi connectivity index (χ4n) is 1.42. The summed E-state index contributed by atoms with van der Waals surface area (Å²) in [6, 6.07) is 4.41. The van der Waals surface area contributed by atoms with E-state index in [-0.39, 0.29) is 11.7 Å². The summed E-state index contributed by atoms with van der Waals surface area (Å²) in [5.74, 6) is -0.301. The predicted octanol–water partition coefficient (Wildman–Crippen LogP) is 1.92. The molecule has 2 rings (SSSR count). The zero-order chi connectivity index (χ0) is 13.3. The van der Waals surface area contributed by atoms with E-state index >= 15 is 0 Å². The van der Waals surface area contributed by atoms with Crippen molar-refractivity contribution in [3.05, 3.63) is 33.6 Å². The number of nitrogens with one attached hydrogen (secondary N) is 1. The third-order valence-electron chi connectivity index (χ3n) is 2.30. The van der Waals surface area contributed by atoms with E-state index in [1.165, 1.54) is 31.3 Å². The Morgan fingerprint density at radius 2 is 2.22 bits per heavy atom. The number of phenolic OH excluding ortho intramolecular Hbond substituents is 1. The number of thioether (sulfide) groups is 1. The summed E-state index contributed by atoms with van der Waals surface area (Å²) >= 11 is 5.98. The lowest BCUT2D eigenvalue weighted by Crippen LogP contribution is -2.17. The van der Waals surface area contributed by atoms with E-state index in [0.29, 0.717) is 25.2 Å². The number of aromatic hydroxyl groups is 1. The molecule has 1 aromatic rings. The maximum Gasteiger partial charge on any atom is 0.263 e. The van der Waals surface area contributed by atoms with E-state index < -0.39 is 0 Å². The quantitative estimate of drug-likeness (QED) is 0.492. The highest BCUT2D eigenvalue weighted by molar-refractivity contribution is 8.26. The molecule has 0 bridgehead atoms. The zero-order valence-corrected chi connectivity index (χ0v) is 11.0. The summed E-state index contributed by atoms with van der Waals surface area (Å²) in [6.07, 6.45) is 1.50. The van der Waals surface area contributed by atoms with Gasteiger partial charge < -0.3 is 10.4 Å². The van der Waals surface area contributed by atoms with Gasteiger partial charge in [0, 0.05) is 27.4 Å². The number of rotatable bonds is 2. The molecule has 0 atom stereocenters. The van der Waals surface area contributed by atoms with Crippen molar-refractivity contribution in [2.24, 2.45) is 0 Å². The fraction of sp³-hybridized carbons (Fsp3) is 0.0909. The van der Waals surface area contributed by atoms with Gasteiger partial charge in [0.1, 0.15) is 10.1 Å². The number of hydrogen-bond acceptors (Lipinski definition) is 5. The van der Waals surface area contributed by atoms with Gasteiger partial charge in [0.2, 0.25) is 0 Å². The van der Waals surface area contributed by atoms with Crippen molar-refractivity contribution in [3.8, 4) is 5.75 Å². The molecule has 0 spiro atoms. The molecular weight excluding hydrogens is 272 g/mol. The van der Waals surface area contributed by atoms with Gasteiger partial charge >= 0.3 is 0 Å². The lowest BCUT2D eigenvalue weighted by molar-refractivity contribution is -0.428. The summed E-state index contributed by atoms with van der Waals surface area (Å²) in [5, 5.41) is 12.2. The molecule has 2 N–H and O–H groups in total. The number of hydrogen-bond donors (Lipinski definition) is 2. The number of nitroso groups, excluding NO2 is 1. The Balaban J connectivity index is 2.42. The highest BCUT2D eigenvalue weighted by Crippen LogP contribution is 2.30. The van der Waals surface area contributed by atoms with Crippen molar-refractivity contribution in [1.29, 1.82) is 0 Å². The van der Waals surface area contributed by atoms with Crippen LogP contribution in [0.2, 0.25) is 0 Å². The lowest BCUT2D eigenvalue weighted by atomic mass is 10.1. The molecule has 1 aliphatic rings. The van der Waals surface area contributed by atoms with Gasteiger partial charge in [0.05, 0.1) is 4.91 Å². The Labute approximate surface area is 112 Å². The minimum atomic E-state index is -0.301. The molecule has 0 unspecified atom stereocenters. The van der Waals surface area contributed by atoms with Crippen molar-refractivity contribution in [2.45, 2.75) is 0 Å². The highest BCUT2D eigenvalue weighted by Gasteiger charge is 2.22. The number of carbonyl (C=O) groups is 1. The molecule has 1 amide bonds.